The first-order valence-electron chi connectivity index (χ1n) is 8.20. The molecule has 1 aliphatic carbocycles. The van der Waals surface area contributed by atoms with Crippen LogP contribution in [0.15, 0.2) is 0 Å². The molecule has 2 heteroatoms. The van der Waals surface area contributed by atoms with E-state index in [0.29, 0.717) is 5.92 Å². The average Bonchev–Trinajstić information content (AvgIpc) is 2.35. The number of rotatable bonds is 3. The third kappa shape index (κ3) is 4.24. The molecule has 106 valence electrons. The van der Waals surface area contributed by atoms with Crippen molar-refractivity contribution in [3.63, 3.8) is 0 Å². The third-order valence-electron chi connectivity index (χ3n) is 5.07. The lowest BCUT2D eigenvalue weighted by atomic mass is 9.78. The molecule has 2 nitrogen and oxygen atoms in total. The Labute approximate surface area is 113 Å². The van der Waals surface area contributed by atoms with Gasteiger partial charge in [-0.25, -0.2) is 0 Å². The molecule has 0 spiro atoms. The van der Waals surface area contributed by atoms with Crippen LogP contribution in [0.5, 0.6) is 0 Å². The molecule has 3 atom stereocenters. The zero-order valence-electron chi connectivity index (χ0n) is 12.1. The van der Waals surface area contributed by atoms with Crippen molar-refractivity contribution in [2.24, 2.45) is 11.8 Å². The summed E-state index contributed by atoms with van der Waals surface area (Å²) in [7, 11) is 0. The first-order valence-corrected chi connectivity index (χ1v) is 8.20. The molecule has 1 saturated heterocycles. The lowest BCUT2D eigenvalue weighted by molar-refractivity contribution is 0.0254. The summed E-state index contributed by atoms with van der Waals surface area (Å²) >= 11 is 0. The number of hydrogen-bond donors (Lipinski definition) is 1. The highest BCUT2D eigenvalue weighted by atomic mass is 16.3. The van der Waals surface area contributed by atoms with Crippen molar-refractivity contribution in [2.45, 2.75) is 70.8 Å². The van der Waals surface area contributed by atoms with E-state index in [0.717, 1.165) is 18.9 Å². The molecule has 1 aliphatic heterocycles. The van der Waals surface area contributed by atoms with E-state index in [1.54, 1.807) is 0 Å². The molecule has 18 heavy (non-hydrogen) atoms. The van der Waals surface area contributed by atoms with E-state index >= 15 is 0 Å². The Morgan fingerprint density at radius 2 is 1.67 bits per heavy atom. The molecule has 1 saturated carbocycles. The fraction of sp³-hybridized carbons (Fsp3) is 1.00. The third-order valence-corrected chi connectivity index (χ3v) is 5.07. The first-order chi connectivity index (χ1) is 8.79. The van der Waals surface area contributed by atoms with E-state index < -0.39 is 0 Å². The average molecular weight is 253 g/mol. The minimum Gasteiger partial charge on any atom is -0.393 e. The quantitative estimate of drug-likeness (QED) is 0.833. The summed E-state index contributed by atoms with van der Waals surface area (Å²) in [6.07, 6.45) is 11.8. The topological polar surface area (TPSA) is 23.5 Å². The molecule has 0 aromatic carbocycles. The number of likely N-dealkylation sites (tertiary alicyclic amines) is 1. The van der Waals surface area contributed by atoms with Crippen molar-refractivity contribution < 1.29 is 5.11 Å². The van der Waals surface area contributed by atoms with Gasteiger partial charge in [-0.05, 0) is 57.0 Å². The minimum absolute atomic E-state index is 0.0294. The molecule has 0 aromatic rings. The minimum atomic E-state index is -0.0294. The molecule has 2 aliphatic rings. The predicted molar refractivity (Wildman–Crippen MR) is 76.7 cm³/mol. The van der Waals surface area contributed by atoms with Gasteiger partial charge in [-0.15, -0.1) is 0 Å². The summed E-state index contributed by atoms with van der Waals surface area (Å²) in [4.78, 5) is 2.63. The van der Waals surface area contributed by atoms with Gasteiger partial charge in [-0.1, -0.05) is 32.6 Å². The van der Waals surface area contributed by atoms with Gasteiger partial charge in [0.2, 0.25) is 0 Å². The van der Waals surface area contributed by atoms with E-state index in [-0.39, 0.29) is 6.10 Å². The van der Waals surface area contributed by atoms with Crippen molar-refractivity contribution in [2.75, 3.05) is 19.6 Å². The van der Waals surface area contributed by atoms with Gasteiger partial charge in [0, 0.05) is 6.54 Å². The van der Waals surface area contributed by atoms with Gasteiger partial charge >= 0.3 is 0 Å². The van der Waals surface area contributed by atoms with Crippen LogP contribution >= 0.6 is 0 Å². The lowest BCUT2D eigenvalue weighted by Crippen LogP contribution is -2.40. The second-order valence-electron chi connectivity index (χ2n) is 6.48. The Balaban J connectivity index is 1.81. The van der Waals surface area contributed by atoms with Crippen LogP contribution in [0, 0.1) is 11.8 Å². The first kappa shape index (κ1) is 14.3. The van der Waals surface area contributed by atoms with Crippen LogP contribution in [0.2, 0.25) is 0 Å². The molecule has 3 unspecified atom stereocenters. The number of nitrogens with zero attached hydrogens (tertiary/aromatic N) is 1. The van der Waals surface area contributed by atoms with Crippen molar-refractivity contribution in [3.05, 3.63) is 0 Å². The Morgan fingerprint density at radius 3 is 2.33 bits per heavy atom. The van der Waals surface area contributed by atoms with E-state index in [9.17, 15) is 5.11 Å². The van der Waals surface area contributed by atoms with Crippen LogP contribution in [0.4, 0.5) is 0 Å². The maximum absolute atomic E-state index is 10.2. The molecular weight excluding hydrogens is 222 g/mol. The van der Waals surface area contributed by atoms with Gasteiger partial charge in [0.25, 0.3) is 0 Å². The number of aliphatic hydroxyl groups excluding tert-OH is 1. The van der Waals surface area contributed by atoms with Crippen LogP contribution in [0.3, 0.4) is 0 Å². The zero-order valence-corrected chi connectivity index (χ0v) is 12.1. The zero-order chi connectivity index (χ0) is 12.8. The van der Waals surface area contributed by atoms with Crippen LogP contribution in [-0.2, 0) is 0 Å². The van der Waals surface area contributed by atoms with Gasteiger partial charge in [-0.2, -0.15) is 0 Å². The van der Waals surface area contributed by atoms with Gasteiger partial charge < -0.3 is 10.0 Å². The molecule has 0 bridgehead atoms. The van der Waals surface area contributed by atoms with Crippen molar-refractivity contribution in [1.82, 2.24) is 4.90 Å². The number of hydrogen-bond acceptors (Lipinski definition) is 2. The summed E-state index contributed by atoms with van der Waals surface area (Å²) in [6.45, 7) is 5.98. The fourth-order valence-electron chi connectivity index (χ4n) is 3.74. The van der Waals surface area contributed by atoms with Crippen molar-refractivity contribution in [1.29, 1.82) is 0 Å². The largest absolute Gasteiger partial charge is 0.393 e. The van der Waals surface area contributed by atoms with Crippen LogP contribution in [0.25, 0.3) is 0 Å². The van der Waals surface area contributed by atoms with E-state index in [1.165, 1.54) is 64.5 Å². The lowest BCUT2D eigenvalue weighted by Gasteiger charge is -2.37. The summed E-state index contributed by atoms with van der Waals surface area (Å²) in [5.41, 5.74) is 0. The van der Waals surface area contributed by atoms with Crippen LogP contribution < -0.4 is 0 Å². The highest BCUT2D eigenvalue weighted by Gasteiger charge is 2.29. The molecular formula is C16H31NO. The number of aliphatic hydroxyl groups is 1. The van der Waals surface area contributed by atoms with Crippen LogP contribution in [0.1, 0.15) is 64.7 Å². The highest BCUT2D eigenvalue weighted by molar-refractivity contribution is 4.82. The second kappa shape index (κ2) is 7.49. The standard InChI is InChI=1S/C16H31NO/c1-2-14-8-9-16(18)15(12-14)13-17-10-6-4-3-5-7-11-17/h14-16,18H,2-13H2,1H3. The van der Waals surface area contributed by atoms with Crippen LogP contribution in [-0.4, -0.2) is 35.7 Å². The Morgan fingerprint density at radius 1 is 1.00 bits per heavy atom. The van der Waals surface area contributed by atoms with E-state index in [1.807, 2.05) is 0 Å². The van der Waals surface area contributed by atoms with Gasteiger partial charge in [0.1, 0.15) is 0 Å². The Kier molecular flexibility index (Phi) is 5.97. The van der Waals surface area contributed by atoms with E-state index in [4.69, 9.17) is 0 Å². The predicted octanol–water partition coefficient (Wildman–Crippen LogP) is 3.44. The highest BCUT2D eigenvalue weighted by Crippen LogP contribution is 2.32. The molecule has 2 rings (SSSR count). The van der Waals surface area contributed by atoms with Gasteiger partial charge in [0.05, 0.1) is 6.10 Å². The molecule has 2 fully saturated rings. The summed E-state index contributed by atoms with van der Waals surface area (Å²) in [5, 5.41) is 10.2. The summed E-state index contributed by atoms with van der Waals surface area (Å²) in [5.74, 6) is 1.41. The SMILES string of the molecule is CCC1CCC(O)C(CN2CCCCCCC2)C1. The molecule has 1 heterocycles. The monoisotopic (exact) mass is 253 g/mol. The fourth-order valence-corrected chi connectivity index (χ4v) is 3.74. The molecule has 0 radical (unpaired) electrons. The summed E-state index contributed by atoms with van der Waals surface area (Å²) < 4.78 is 0. The van der Waals surface area contributed by atoms with E-state index in [2.05, 4.69) is 11.8 Å². The Hall–Kier alpha value is -0.0800. The smallest absolute Gasteiger partial charge is 0.0580 e. The van der Waals surface area contributed by atoms with Gasteiger partial charge in [-0.3, -0.25) is 0 Å². The molecule has 1 N–H and O–H groups in total. The van der Waals surface area contributed by atoms with Crippen molar-refractivity contribution >= 4 is 0 Å². The molecule has 0 amide bonds. The molecule has 0 aromatic heterocycles. The van der Waals surface area contributed by atoms with Crippen molar-refractivity contribution in [3.8, 4) is 0 Å². The Bertz CT molecular complexity index is 223. The maximum Gasteiger partial charge on any atom is 0.0580 e. The second-order valence-corrected chi connectivity index (χ2v) is 6.48. The van der Waals surface area contributed by atoms with Gasteiger partial charge in [0.15, 0.2) is 0 Å². The maximum atomic E-state index is 10.2. The normalized spacial score (nSPS) is 36.0. The summed E-state index contributed by atoms with van der Waals surface area (Å²) in [6, 6.07) is 0.